The fourth-order valence-electron chi connectivity index (χ4n) is 3.92. The molecule has 2 saturated heterocycles. The molecule has 0 aliphatic carbocycles. The van der Waals surface area contributed by atoms with Crippen LogP contribution in [0.15, 0.2) is 18.3 Å². The molecule has 2 aliphatic heterocycles. The van der Waals surface area contributed by atoms with Gasteiger partial charge in [0.1, 0.15) is 11.3 Å². The molecule has 2 fully saturated rings. The van der Waals surface area contributed by atoms with Crippen LogP contribution >= 0.6 is 0 Å². The number of aromatic nitrogens is 3. The Morgan fingerprint density at radius 1 is 1.26 bits per heavy atom. The maximum atomic E-state index is 5.66. The number of nitrogens with zero attached hydrogens (tertiary/aromatic N) is 3. The third-order valence-electron chi connectivity index (χ3n) is 5.15. The van der Waals surface area contributed by atoms with E-state index >= 15 is 0 Å². The molecule has 5 nitrogen and oxygen atoms in total. The van der Waals surface area contributed by atoms with Gasteiger partial charge in [-0.3, -0.25) is 0 Å². The summed E-state index contributed by atoms with van der Waals surface area (Å²) in [6, 6.07) is 4.06. The van der Waals surface area contributed by atoms with Gasteiger partial charge in [-0.05, 0) is 62.7 Å². The van der Waals surface area contributed by atoms with Crippen molar-refractivity contribution in [1.82, 2.24) is 19.9 Å². The highest BCUT2D eigenvalue weighted by molar-refractivity contribution is 5.71. The topological polar surface area (TPSA) is 52.0 Å². The molecule has 2 aliphatic rings. The fraction of sp³-hybridized carbons (Fsp3) is 0.667. The van der Waals surface area contributed by atoms with E-state index in [9.17, 15) is 0 Å². The standard InChI is InChI=1S/C18H26N4O/c1-4-15(11-19-7-1)12-22-17(10-14-5-3-9-23-13-14)21-16-6-2-8-20-18(16)22/h2,6,8,14-15,19H,1,3-5,7,9-13H2. The van der Waals surface area contributed by atoms with Crippen LogP contribution in [0.25, 0.3) is 11.2 Å². The van der Waals surface area contributed by atoms with Crippen LogP contribution in [0.3, 0.4) is 0 Å². The summed E-state index contributed by atoms with van der Waals surface area (Å²) in [6.45, 7) is 5.09. The van der Waals surface area contributed by atoms with E-state index in [2.05, 4.69) is 20.9 Å². The predicted molar refractivity (Wildman–Crippen MR) is 90.4 cm³/mol. The predicted octanol–water partition coefficient (Wildman–Crippen LogP) is 2.40. The summed E-state index contributed by atoms with van der Waals surface area (Å²) >= 11 is 0. The highest BCUT2D eigenvalue weighted by Gasteiger charge is 2.22. The number of pyridine rings is 1. The summed E-state index contributed by atoms with van der Waals surface area (Å²) in [5, 5.41) is 3.52. The van der Waals surface area contributed by atoms with Crippen molar-refractivity contribution in [3.63, 3.8) is 0 Å². The van der Waals surface area contributed by atoms with Gasteiger partial charge in [0, 0.05) is 32.4 Å². The molecule has 0 spiro atoms. The van der Waals surface area contributed by atoms with Gasteiger partial charge in [-0.15, -0.1) is 0 Å². The lowest BCUT2D eigenvalue weighted by Gasteiger charge is -2.25. The summed E-state index contributed by atoms with van der Waals surface area (Å²) < 4.78 is 8.03. The Morgan fingerprint density at radius 3 is 3.04 bits per heavy atom. The second kappa shape index (κ2) is 6.97. The smallest absolute Gasteiger partial charge is 0.159 e. The van der Waals surface area contributed by atoms with Crippen molar-refractivity contribution in [3.8, 4) is 0 Å². The molecule has 0 aromatic carbocycles. The molecular weight excluding hydrogens is 288 g/mol. The van der Waals surface area contributed by atoms with Gasteiger partial charge < -0.3 is 14.6 Å². The fourth-order valence-corrected chi connectivity index (χ4v) is 3.92. The van der Waals surface area contributed by atoms with Crippen LogP contribution in [-0.4, -0.2) is 40.8 Å². The molecule has 124 valence electrons. The van der Waals surface area contributed by atoms with Crippen molar-refractivity contribution in [3.05, 3.63) is 24.2 Å². The zero-order chi connectivity index (χ0) is 15.5. The summed E-state index contributed by atoms with van der Waals surface area (Å²) in [5.41, 5.74) is 2.08. The maximum absolute atomic E-state index is 5.66. The minimum atomic E-state index is 0.601. The molecule has 5 heteroatoms. The van der Waals surface area contributed by atoms with E-state index in [0.29, 0.717) is 11.8 Å². The van der Waals surface area contributed by atoms with E-state index in [1.807, 2.05) is 12.3 Å². The number of hydrogen-bond acceptors (Lipinski definition) is 4. The third kappa shape index (κ3) is 3.40. The Hall–Kier alpha value is -1.46. The van der Waals surface area contributed by atoms with E-state index in [4.69, 9.17) is 9.72 Å². The van der Waals surface area contributed by atoms with Gasteiger partial charge in [0.25, 0.3) is 0 Å². The second-order valence-electron chi connectivity index (χ2n) is 6.98. The van der Waals surface area contributed by atoms with Crippen LogP contribution in [0.5, 0.6) is 0 Å². The third-order valence-corrected chi connectivity index (χ3v) is 5.15. The quantitative estimate of drug-likeness (QED) is 0.941. The van der Waals surface area contributed by atoms with Crippen LogP contribution in [0.4, 0.5) is 0 Å². The van der Waals surface area contributed by atoms with Gasteiger partial charge in [0.15, 0.2) is 5.65 Å². The van der Waals surface area contributed by atoms with E-state index in [0.717, 1.165) is 50.4 Å². The van der Waals surface area contributed by atoms with Crippen LogP contribution < -0.4 is 5.32 Å². The monoisotopic (exact) mass is 314 g/mol. The Labute approximate surface area is 137 Å². The maximum Gasteiger partial charge on any atom is 0.159 e. The number of piperidine rings is 1. The van der Waals surface area contributed by atoms with E-state index < -0.39 is 0 Å². The zero-order valence-corrected chi connectivity index (χ0v) is 13.7. The largest absolute Gasteiger partial charge is 0.381 e. The first kappa shape index (κ1) is 15.1. The first-order chi connectivity index (χ1) is 11.4. The molecule has 2 unspecified atom stereocenters. The lowest BCUT2D eigenvalue weighted by atomic mass is 9.97. The van der Waals surface area contributed by atoms with Gasteiger partial charge >= 0.3 is 0 Å². The number of hydrogen-bond donors (Lipinski definition) is 1. The van der Waals surface area contributed by atoms with Crippen molar-refractivity contribution >= 4 is 11.2 Å². The highest BCUT2D eigenvalue weighted by Crippen LogP contribution is 2.23. The average Bonchev–Trinajstić information content (AvgIpc) is 2.94. The summed E-state index contributed by atoms with van der Waals surface area (Å²) in [4.78, 5) is 9.51. The molecule has 0 amide bonds. The van der Waals surface area contributed by atoms with Crippen molar-refractivity contribution in [2.75, 3.05) is 26.3 Å². The first-order valence-electron chi connectivity index (χ1n) is 8.99. The molecule has 4 heterocycles. The zero-order valence-electron chi connectivity index (χ0n) is 13.7. The minimum Gasteiger partial charge on any atom is -0.381 e. The SMILES string of the molecule is c1cnc2c(c1)nc(CC1CCCOC1)n2CC1CCCNC1. The highest BCUT2D eigenvalue weighted by atomic mass is 16.5. The number of fused-ring (bicyclic) bond motifs is 1. The van der Waals surface area contributed by atoms with Crippen LogP contribution in [0.2, 0.25) is 0 Å². The van der Waals surface area contributed by atoms with Crippen molar-refractivity contribution in [2.24, 2.45) is 11.8 Å². The van der Waals surface area contributed by atoms with Gasteiger partial charge in [-0.1, -0.05) is 0 Å². The van der Waals surface area contributed by atoms with Gasteiger partial charge in [0.2, 0.25) is 0 Å². The average molecular weight is 314 g/mol. The molecule has 0 radical (unpaired) electrons. The van der Waals surface area contributed by atoms with Gasteiger partial charge in [-0.25, -0.2) is 9.97 Å². The molecule has 2 atom stereocenters. The van der Waals surface area contributed by atoms with E-state index in [-0.39, 0.29) is 0 Å². The number of rotatable bonds is 4. The van der Waals surface area contributed by atoms with Gasteiger partial charge in [0.05, 0.1) is 0 Å². The van der Waals surface area contributed by atoms with E-state index in [1.54, 1.807) is 0 Å². The van der Waals surface area contributed by atoms with Crippen molar-refractivity contribution < 1.29 is 4.74 Å². The van der Waals surface area contributed by atoms with Gasteiger partial charge in [-0.2, -0.15) is 0 Å². The number of ether oxygens (including phenoxy) is 1. The molecule has 1 N–H and O–H groups in total. The first-order valence-corrected chi connectivity index (χ1v) is 8.99. The molecule has 2 aromatic rings. The summed E-state index contributed by atoms with van der Waals surface area (Å²) in [7, 11) is 0. The normalized spacial score (nSPS) is 25.7. The Kier molecular flexibility index (Phi) is 4.57. The Bertz CT molecular complexity index is 642. The van der Waals surface area contributed by atoms with Crippen LogP contribution in [0, 0.1) is 11.8 Å². The summed E-state index contributed by atoms with van der Waals surface area (Å²) in [6.07, 6.45) is 7.89. The van der Waals surface area contributed by atoms with Crippen LogP contribution in [-0.2, 0) is 17.7 Å². The van der Waals surface area contributed by atoms with Crippen LogP contribution in [0.1, 0.15) is 31.5 Å². The molecule has 4 rings (SSSR count). The minimum absolute atomic E-state index is 0.601. The molecule has 2 aromatic heterocycles. The van der Waals surface area contributed by atoms with Crippen molar-refractivity contribution in [1.29, 1.82) is 0 Å². The van der Waals surface area contributed by atoms with Crippen molar-refractivity contribution in [2.45, 2.75) is 38.6 Å². The molecule has 0 saturated carbocycles. The Morgan fingerprint density at radius 2 is 2.22 bits per heavy atom. The Balaban J connectivity index is 1.60. The second-order valence-corrected chi connectivity index (χ2v) is 6.98. The molecular formula is C18H26N4O. The van der Waals surface area contributed by atoms with E-state index in [1.165, 1.54) is 31.5 Å². The lowest BCUT2D eigenvalue weighted by Crippen LogP contribution is -2.32. The number of imidazole rings is 1. The molecule has 23 heavy (non-hydrogen) atoms. The lowest BCUT2D eigenvalue weighted by molar-refractivity contribution is 0.0539. The summed E-state index contributed by atoms with van der Waals surface area (Å²) in [5.74, 6) is 2.48. The molecule has 0 bridgehead atoms. The number of nitrogens with one attached hydrogen (secondary N) is 1.